The number of benzene rings is 2. The van der Waals surface area contributed by atoms with Crippen LogP contribution in [0.25, 0.3) is 0 Å². The van der Waals surface area contributed by atoms with Crippen LogP contribution in [-0.2, 0) is 5.75 Å². The molecule has 0 unspecified atom stereocenters. The smallest absolute Gasteiger partial charge is 0.123 e. The fraction of sp³-hybridized carbons (Fsp3) is 0.0714. The Morgan fingerprint density at radius 3 is 2.65 bits per heavy atom. The monoisotopic (exact) mass is 328 g/mol. The lowest BCUT2D eigenvalue weighted by molar-refractivity contribution is 0.627. The first-order valence-corrected chi connectivity index (χ1v) is 7.42. The molecule has 0 aromatic heterocycles. The van der Waals surface area contributed by atoms with Crippen LogP contribution < -0.4 is 5.73 Å². The van der Waals surface area contributed by atoms with Crippen molar-refractivity contribution >= 4 is 40.8 Å². The number of hydrogen-bond acceptors (Lipinski definition) is 2. The van der Waals surface area contributed by atoms with Crippen LogP contribution in [0.4, 0.5) is 4.39 Å². The Morgan fingerprint density at radius 2 is 1.95 bits per heavy atom. The molecule has 0 heterocycles. The van der Waals surface area contributed by atoms with E-state index in [4.69, 9.17) is 34.3 Å². The van der Waals surface area contributed by atoms with Crippen LogP contribution in [0.15, 0.2) is 41.3 Å². The molecule has 2 rings (SSSR count). The molecular weight excluding hydrogens is 318 g/mol. The van der Waals surface area contributed by atoms with Crippen molar-refractivity contribution < 1.29 is 4.39 Å². The molecule has 0 amide bonds. The minimum Gasteiger partial charge on any atom is -0.384 e. The number of nitrogen functional groups attached to an aromatic ring is 1. The Hall–Kier alpha value is -1.23. The normalized spacial score (nSPS) is 10.6. The summed E-state index contributed by atoms with van der Waals surface area (Å²) in [6.07, 6.45) is 0. The highest BCUT2D eigenvalue weighted by Crippen LogP contribution is 2.32. The number of nitrogens with one attached hydrogen (secondary N) is 1. The zero-order valence-corrected chi connectivity index (χ0v) is 12.6. The van der Waals surface area contributed by atoms with Crippen LogP contribution in [-0.4, -0.2) is 5.84 Å². The largest absolute Gasteiger partial charge is 0.384 e. The highest BCUT2D eigenvalue weighted by molar-refractivity contribution is 7.98. The van der Waals surface area contributed by atoms with Crippen molar-refractivity contribution in [1.82, 2.24) is 0 Å². The lowest BCUT2D eigenvalue weighted by atomic mass is 10.1. The molecule has 0 spiro atoms. The molecule has 3 N–H and O–H groups in total. The lowest BCUT2D eigenvalue weighted by Crippen LogP contribution is -2.13. The van der Waals surface area contributed by atoms with Crippen LogP contribution in [0.1, 0.15) is 11.1 Å². The third kappa shape index (κ3) is 3.66. The molecule has 2 nitrogen and oxygen atoms in total. The molecule has 6 heteroatoms. The summed E-state index contributed by atoms with van der Waals surface area (Å²) in [7, 11) is 0. The molecule has 104 valence electrons. The molecule has 0 saturated carbocycles. The highest BCUT2D eigenvalue weighted by Gasteiger charge is 2.09. The first-order valence-electron chi connectivity index (χ1n) is 5.68. The standard InChI is InChI=1S/C14H11Cl2FN2S/c15-9-2-4-12(16)13(5-9)20-7-8-1-3-10(17)6-11(8)14(18)19/h1-6H,7H2,(H3,18,19). The van der Waals surface area contributed by atoms with Gasteiger partial charge in [-0.1, -0.05) is 29.3 Å². The second-order valence-electron chi connectivity index (χ2n) is 4.08. The minimum absolute atomic E-state index is 0.155. The molecule has 20 heavy (non-hydrogen) atoms. The zero-order chi connectivity index (χ0) is 14.7. The van der Waals surface area contributed by atoms with E-state index in [1.54, 1.807) is 24.3 Å². The van der Waals surface area contributed by atoms with E-state index in [1.165, 1.54) is 23.9 Å². The van der Waals surface area contributed by atoms with Gasteiger partial charge in [0.15, 0.2) is 0 Å². The van der Waals surface area contributed by atoms with Crippen LogP contribution in [0, 0.1) is 11.2 Å². The van der Waals surface area contributed by atoms with Crippen LogP contribution in [0.5, 0.6) is 0 Å². The van der Waals surface area contributed by atoms with Gasteiger partial charge < -0.3 is 5.73 Å². The van der Waals surface area contributed by atoms with Crippen LogP contribution >= 0.6 is 35.0 Å². The maximum absolute atomic E-state index is 13.2. The Labute approximate surface area is 130 Å². The summed E-state index contributed by atoms with van der Waals surface area (Å²) < 4.78 is 13.2. The summed E-state index contributed by atoms with van der Waals surface area (Å²) in [4.78, 5) is 0.831. The Bertz CT molecular complexity index is 662. The van der Waals surface area contributed by atoms with Gasteiger partial charge in [0.05, 0.1) is 5.02 Å². The number of thioether (sulfide) groups is 1. The third-order valence-electron chi connectivity index (χ3n) is 2.64. The predicted octanol–water partition coefficient (Wildman–Crippen LogP) is 4.71. The SMILES string of the molecule is N=C(N)c1cc(F)ccc1CSc1cc(Cl)ccc1Cl. The second kappa shape index (κ2) is 6.48. The van der Waals surface area contributed by atoms with Crippen LogP contribution in [0.3, 0.4) is 0 Å². The summed E-state index contributed by atoms with van der Waals surface area (Å²) in [5, 5.41) is 8.69. The first kappa shape index (κ1) is 15.2. The van der Waals surface area contributed by atoms with E-state index in [-0.39, 0.29) is 5.84 Å². The topological polar surface area (TPSA) is 49.9 Å². The summed E-state index contributed by atoms with van der Waals surface area (Å²) in [5.41, 5.74) is 6.64. The van der Waals surface area contributed by atoms with E-state index >= 15 is 0 Å². The van der Waals surface area contributed by atoms with Gasteiger partial charge in [0.2, 0.25) is 0 Å². The second-order valence-corrected chi connectivity index (χ2v) is 5.94. The summed E-state index contributed by atoms with van der Waals surface area (Å²) in [5.74, 6) is -0.0445. The summed E-state index contributed by atoms with van der Waals surface area (Å²) >= 11 is 13.5. The van der Waals surface area contributed by atoms with E-state index < -0.39 is 5.82 Å². The van der Waals surface area contributed by atoms with E-state index in [9.17, 15) is 4.39 Å². The Morgan fingerprint density at radius 1 is 1.20 bits per heavy atom. The van der Waals surface area contributed by atoms with Crippen LogP contribution in [0.2, 0.25) is 10.0 Å². The number of halogens is 3. The van der Waals surface area contributed by atoms with Crippen molar-refractivity contribution in [2.24, 2.45) is 5.73 Å². The Kier molecular flexibility index (Phi) is 4.91. The van der Waals surface area contributed by atoms with Crippen molar-refractivity contribution in [1.29, 1.82) is 5.41 Å². The molecule has 0 aliphatic rings. The van der Waals surface area contributed by atoms with Gasteiger partial charge in [-0.05, 0) is 35.9 Å². The number of rotatable bonds is 4. The zero-order valence-electron chi connectivity index (χ0n) is 10.3. The first-order chi connectivity index (χ1) is 9.47. The molecule has 0 saturated heterocycles. The molecule has 2 aromatic carbocycles. The number of nitrogens with two attached hydrogens (primary N) is 1. The van der Waals surface area contributed by atoms with Crippen molar-refractivity contribution in [3.63, 3.8) is 0 Å². The molecule has 0 atom stereocenters. The number of amidine groups is 1. The van der Waals surface area contributed by atoms with E-state index in [0.29, 0.717) is 21.4 Å². The average molecular weight is 329 g/mol. The van der Waals surface area contributed by atoms with Crippen molar-refractivity contribution in [2.75, 3.05) is 0 Å². The Balaban J connectivity index is 2.23. The van der Waals surface area contributed by atoms with E-state index in [0.717, 1.165) is 10.5 Å². The van der Waals surface area contributed by atoms with Gasteiger partial charge >= 0.3 is 0 Å². The quantitative estimate of drug-likeness (QED) is 0.485. The average Bonchev–Trinajstić information content (AvgIpc) is 2.40. The molecule has 0 aliphatic carbocycles. The fourth-order valence-electron chi connectivity index (χ4n) is 1.67. The van der Waals surface area contributed by atoms with Gasteiger partial charge in [0.25, 0.3) is 0 Å². The molecule has 0 fully saturated rings. The summed E-state index contributed by atoms with van der Waals surface area (Å²) in [6.45, 7) is 0. The maximum Gasteiger partial charge on any atom is 0.123 e. The van der Waals surface area contributed by atoms with Gasteiger partial charge in [0, 0.05) is 21.2 Å². The minimum atomic E-state index is -0.412. The molecular formula is C14H11Cl2FN2S. The van der Waals surface area contributed by atoms with Gasteiger partial charge in [-0.2, -0.15) is 0 Å². The van der Waals surface area contributed by atoms with Gasteiger partial charge in [0.1, 0.15) is 11.7 Å². The molecule has 0 radical (unpaired) electrons. The van der Waals surface area contributed by atoms with Crippen molar-refractivity contribution in [2.45, 2.75) is 10.6 Å². The fourth-order valence-corrected chi connectivity index (χ4v) is 3.17. The predicted molar refractivity (Wildman–Crippen MR) is 83.4 cm³/mol. The highest BCUT2D eigenvalue weighted by atomic mass is 35.5. The van der Waals surface area contributed by atoms with Gasteiger partial charge in [-0.25, -0.2) is 4.39 Å². The third-order valence-corrected chi connectivity index (χ3v) is 4.42. The van der Waals surface area contributed by atoms with E-state index in [2.05, 4.69) is 0 Å². The van der Waals surface area contributed by atoms with Crippen molar-refractivity contribution in [3.05, 3.63) is 63.4 Å². The lowest BCUT2D eigenvalue weighted by Gasteiger charge is -2.09. The molecule has 2 aromatic rings. The van der Waals surface area contributed by atoms with Gasteiger partial charge in [-0.3, -0.25) is 5.41 Å². The molecule has 0 aliphatic heterocycles. The van der Waals surface area contributed by atoms with Gasteiger partial charge in [-0.15, -0.1) is 11.8 Å². The maximum atomic E-state index is 13.2. The summed E-state index contributed by atoms with van der Waals surface area (Å²) in [6, 6.07) is 9.44. The van der Waals surface area contributed by atoms with Crippen molar-refractivity contribution in [3.8, 4) is 0 Å². The number of hydrogen-bond donors (Lipinski definition) is 2. The molecule has 0 bridgehead atoms. The van der Waals surface area contributed by atoms with E-state index in [1.807, 2.05) is 0 Å².